The lowest BCUT2D eigenvalue weighted by atomic mass is 9.82. The molecule has 2 atom stereocenters. The van der Waals surface area contributed by atoms with Gasteiger partial charge >= 0.3 is 0 Å². The zero-order chi connectivity index (χ0) is 12.9. The van der Waals surface area contributed by atoms with E-state index in [1.807, 2.05) is 0 Å². The summed E-state index contributed by atoms with van der Waals surface area (Å²) in [5.41, 5.74) is 0.162. The molecule has 1 N–H and O–H groups in total. The molecule has 2 nitrogen and oxygen atoms in total. The SMILES string of the molecule is CCC(C(=O)NCC(C)(C)C)C(C)C(C)C. The van der Waals surface area contributed by atoms with E-state index in [2.05, 4.69) is 53.8 Å². The molecular weight excluding hydrogens is 198 g/mol. The van der Waals surface area contributed by atoms with Gasteiger partial charge in [0.25, 0.3) is 0 Å². The van der Waals surface area contributed by atoms with Gasteiger partial charge in [0.05, 0.1) is 0 Å². The molecule has 0 radical (unpaired) electrons. The Morgan fingerprint density at radius 1 is 1.19 bits per heavy atom. The van der Waals surface area contributed by atoms with Crippen LogP contribution in [0.4, 0.5) is 0 Å². The van der Waals surface area contributed by atoms with Gasteiger partial charge in [-0.3, -0.25) is 4.79 Å². The summed E-state index contributed by atoms with van der Waals surface area (Å²) in [6.07, 6.45) is 0.926. The standard InChI is InChI=1S/C14H29NO/c1-8-12(11(4)10(2)3)13(16)15-9-14(5,6)7/h10-12H,8-9H2,1-7H3,(H,15,16). The Hall–Kier alpha value is -0.530. The molecule has 16 heavy (non-hydrogen) atoms. The third-order valence-corrected chi connectivity index (χ3v) is 3.26. The van der Waals surface area contributed by atoms with Crippen LogP contribution in [0, 0.1) is 23.2 Å². The molecule has 0 saturated heterocycles. The van der Waals surface area contributed by atoms with Crippen molar-refractivity contribution in [1.82, 2.24) is 5.32 Å². The van der Waals surface area contributed by atoms with Crippen LogP contribution in [-0.2, 0) is 4.79 Å². The first kappa shape index (κ1) is 15.5. The fourth-order valence-electron chi connectivity index (χ4n) is 1.74. The molecule has 0 bridgehead atoms. The summed E-state index contributed by atoms with van der Waals surface area (Å²) in [7, 11) is 0. The first-order valence-corrected chi connectivity index (χ1v) is 6.46. The molecule has 0 aromatic rings. The minimum Gasteiger partial charge on any atom is -0.355 e. The van der Waals surface area contributed by atoms with E-state index in [-0.39, 0.29) is 17.2 Å². The van der Waals surface area contributed by atoms with Gasteiger partial charge in [0.1, 0.15) is 0 Å². The zero-order valence-corrected chi connectivity index (χ0v) is 12.1. The van der Waals surface area contributed by atoms with Gasteiger partial charge in [-0.1, -0.05) is 48.5 Å². The molecule has 1 amide bonds. The Morgan fingerprint density at radius 2 is 1.69 bits per heavy atom. The van der Waals surface area contributed by atoms with E-state index >= 15 is 0 Å². The molecule has 0 fully saturated rings. The summed E-state index contributed by atoms with van der Waals surface area (Å²) < 4.78 is 0. The van der Waals surface area contributed by atoms with Crippen LogP contribution in [0.15, 0.2) is 0 Å². The smallest absolute Gasteiger partial charge is 0.223 e. The second-order valence-corrected chi connectivity index (χ2v) is 6.40. The van der Waals surface area contributed by atoms with Gasteiger partial charge in [0.2, 0.25) is 5.91 Å². The summed E-state index contributed by atoms with van der Waals surface area (Å²) >= 11 is 0. The summed E-state index contributed by atoms with van der Waals surface area (Å²) in [6, 6.07) is 0. The third-order valence-electron chi connectivity index (χ3n) is 3.26. The first-order valence-electron chi connectivity index (χ1n) is 6.46. The van der Waals surface area contributed by atoms with Gasteiger partial charge in [0.15, 0.2) is 0 Å². The molecular formula is C14H29NO. The Bertz CT molecular complexity index is 215. The number of hydrogen-bond donors (Lipinski definition) is 1. The lowest BCUT2D eigenvalue weighted by molar-refractivity contribution is -0.127. The Labute approximate surface area is 101 Å². The normalized spacial score (nSPS) is 16.0. The monoisotopic (exact) mass is 227 g/mol. The topological polar surface area (TPSA) is 29.1 Å². The number of hydrogen-bond acceptors (Lipinski definition) is 1. The fourth-order valence-corrected chi connectivity index (χ4v) is 1.74. The van der Waals surface area contributed by atoms with Crippen LogP contribution in [0.1, 0.15) is 54.9 Å². The Morgan fingerprint density at radius 3 is 2.00 bits per heavy atom. The van der Waals surface area contributed by atoms with Gasteiger partial charge in [0, 0.05) is 12.5 Å². The van der Waals surface area contributed by atoms with Crippen LogP contribution in [0.25, 0.3) is 0 Å². The zero-order valence-electron chi connectivity index (χ0n) is 12.1. The molecule has 0 aliphatic carbocycles. The lowest BCUT2D eigenvalue weighted by Gasteiger charge is -2.27. The summed E-state index contributed by atoms with van der Waals surface area (Å²) in [5.74, 6) is 1.39. The van der Waals surface area contributed by atoms with Crippen molar-refractivity contribution in [2.24, 2.45) is 23.2 Å². The molecule has 96 valence electrons. The average Bonchev–Trinajstić information content (AvgIpc) is 2.14. The van der Waals surface area contributed by atoms with E-state index in [0.717, 1.165) is 13.0 Å². The van der Waals surface area contributed by atoms with Crippen molar-refractivity contribution < 1.29 is 4.79 Å². The molecule has 0 rings (SSSR count). The van der Waals surface area contributed by atoms with Gasteiger partial charge in [-0.2, -0.15) is 0 Å². The highest BCUT2D eigenvalue weighted by atomic mass is 16.1. The van der Waals surface area contributed by atoms with Gasteiger partial charge < -0.3 is 5.32 Å². The predicted molar refractivity (Wildman–Crippen MR) is 70.2 cm³/mol. The van der Waals surface area contributed by atoms with Crippen molar-refractivity contribution in [3.63, 3.8) is 0 Å². The minimum atomic E-state index is 0.155. The van der Waals surface area contributed by atoms with E-state index < -0.39 is 0 Å². The number of carbonyl (C=O) groups is 1. The minimum absolute atomic E-state index is 0.155. The van der Waals surface area contributed by atoms with Gasteiger partial charge in [-0.05, 0) is 23.7 Å². The molecule has 2 heteroatoms. The molecule has 0 aromatic carbocycles. The molecule has 0 saturated carbocycles. The van der Waals surface area contributed by atoms with Gasteiger partial charge in [-0.15, -0.1) is 0 Å². The highest BCUT2D eigenvalue weighted by Gasteiger charge is 2.26. The maximum atomic E-state index is 12.1. The van der Waals surface area contributed by atoms with Crippen LogP contribution in [0.3, 0.4) is 0 Å². The second kappa shape index (κ2) is 6.27. The van der Waals surface area contributed by atoms with Crippen molar-refractivity contribution >= 4 is 5.91 Å². The summed E-state index contributed by atoms with van der Waals surface area (Å²) in [6.45, 7) is 15.8. The van der Waals surface area contributed by atoms with Crippen molar-refractivity contribution in [3.8, 4) is 0 Å². The second-order valence-electron chi connectivity index (χ2n) is 6.40. The fraction of sp³-hybridized carbons (Fsp3) is 0.929. The number of nitrogens with one attached hydrogen (secondary N) is 1. The highest BCUT2D eigenvalue weighted by molar-refractivity contribution is 5.78. The van der Waals surface area contributed by atoms with E-state index in [0.29, 0.717) is 11.8 Å². The molecule has 0 spiro atoms. The highest BCUT2D eigenvalue weighted by Crippen LogP contribution is 2.23. The van der Waals surface area contributed by atoms with Crippen LogP contribution in [0.5, 0.6) is 0 Å². The number of amides is 1. The predicted octanol–water partition coefficient (Wildman–Crippen LogP) is 3.47. The van der Waals surface area contributed by atoms with E-state index in [1.54, 1.807) is 0 Å². The third kappa shape index (κ3) is 5.53. The molecule has 0 heterocycles. The molecule has 0 aliphatic rings. The van der Waals surface area contributed by atoms with Crippen LogP contribution in [-0.4, -0.2) is 12.5 Å². The molecule has 0 aromatic heterocycles. The van der Waals surface area contributed by atoms with E-state index in [1.165, 1.54) is 0 Å². The number of carbonyl (C=O) groups excluding carboxylic acids is 1. The van der Waals surface area contributed by atoms with Crippen molar-refractivity contribution in [2.45, 2.75) is 54.9 Å². The van der Waals surface area contributed by atoms with Crippen LogP contribution >= 0.6 is 0 Å². The average molecular weight is 227 g/mol. The quantitative estimate of drug-likeness (QED) is 0.765. The summed E-state index contributed by atoms with van der Waals surface area (Å²) in [5, 5.41) is 3.07. The Kier molecular flexibility index (Phi) is 6.06. The van der Waals surface area contributed by atoms with Crippen molar-refractivity contribution in [1.29, 1.82) is 0 Å². The van der Waals surface area contributed by atoms with Crippen molar-refractivity contribution in [2.75, 3.05) is 6.54 Å². The maximum Gasteiger partial charge on any atom is 0.223 e. The van der Waals surface area contributed by atoms with E-state index in [4.69, 9.17) is 0 Å². The lowest BCUT2D eigenvalue weighted by Crippen LogP contribution is -2.39. The Balaban J connectivity index is 4.32. The van der Waals surface area contributed by atoms with Crippen LogP contribution < -0.4 is 5.32 Å². The first-order chi connectivity index (χ1) is 7.19. The van der Waals surface area contributed by atoms with E-state index in [9.17, 15) is 4.79 Å². The van der Waals surface area contributed by atoms with Crippen molar-refractivity contribution in [3.05, 3.63) is 0 Å². The number of rotatable bonds is 5. The van der Waals surface area contributed by atoms with Gasteiger partial charge in [-0.25, -0.2) is 0 Å². The molecule has 0 aliphatic heterocycles. The largest absolute Gasteiger partial charge is 0.355 e. The molecule has 2 unspecified atom stereocenters. The van der Waals surface area contributed by atoms with Crippen LogP contribution in [0.2, 0.25) is 0 Å². The summed E-state index contributed by atoms with van der Waals surface area (Å²) in [4.78, 5) is 12.1. The maximum absolute atomic E-state index is 12.1.